The molecule has 4 rings (SSSR count). The average molecular weight is 330 g/mol. The zero-order chi connectivity index (χ0) is 18.3. The van der Waals surface area contributed by atoms with Crippen molar-refractivity contribution in [2.24, 2.45) is 0 Å². The number of hydrogen-bond acceptors (Lipinski definition) is 0. The van der Waals surface area contributed by atoms with Gasteiger partial charge in [0.1, 0.15) is 0 Å². The zero-order valence-electron chi connectivity index (χ0n) is 15.3. The summed E-state index contributed by atoms with van der Waals surface area (Å²) in [6.07, 6.45) is 8.13. The van der Waals surface area contributed by atoms with E-state index in [1.807, 2.05) is 12.2 Å². The van der Waals surface area contributed by atoms with Crippen LogP contribution in [0.1, 0.15) is 29.2 Å². The Labute approximate surface area is 157 Å². The third kappa shape index (κ3) is 2.41. The van der Waals surface area contributed by atoms with Crippen LogP contribution in [0.25, 0.3) is 11.1 Å². The van der Waals surface area contributed by atoms with Crippen molar-refractivity contribution in [3.63, 3.8) is 0 Å². The first kappa shape index (κ1) is 16.7. The molecule has 0 nitrogen and oxygen atoms in total. The Kier molecular flexibility index (Phi) is 4.20. The molecule has 2 aliphatic heterocycles. The van der Waals surface area contributed by atoms with E-state index in [-0.39, 0.29) is 0 Å². The second-order valence-corrected chi connectivity index (χ2v) is 6.69. The van der Waals surface area contributed by atoms with Gasteiger partial charge in [-0.05, 0) is 47.2 Å². The second kappa shape index (κ2) is 6.53. The minimum Gasteiger partial charge on any atom is -0.0996 e. The van der Waals surface area contributed by atoms with Gasteiger partial charge >= 0.3 is 0 Å². The van der Waals surface area contributed by atoms with E-state index in [1.165, 1.54) is 55.3 Å². The van der Waals surface area contributed by atoms with E-state index < -0.39 is 0 Å². The van der Waals surface area contributed by atoms with Gasteiger partial charge in [-0.2, -0.15) is 0 Å². The third-order valence-corrected chi connectivity index (χ3v) is 5.26. The molecule has 0 saturated heterocycles. The Balaban J connectivity index is 1.97. The maximum absolute atomic E-state index is 4.07. The van der Waals surface area contributed by atoms with E-state index in [4.69, 9.17) is 0 Å². The summed E-state index contributed by atoms with van der Waals surface area (Å²) >= 11 is 0. The minimum absolute atomic E-state index is 1.19. The van der Waals surface area contributed by atoms with Crippen LogP contribution in [0, 0.1) is 6.92 Å². The first-order valence-electron chi connectivity index (χ1n) is 8.99. The van der Waals surface area contributed by atoms with Gasteiger partial charge in [0, 0.05) is 0 Å². The fourth-order valence-electron chi connectivity index (χ4n) is 4.05. The van der Waals surface area contributed by atoms with Crippen LogP contribution in [0.5, 0.6) is 0 Å². The maximum Gasteiger partial charge on any atom is 0.193 e. The molecule has 0 N–H and O–H groups in total. The number of benzene rings is 2. The van der Waals surface area contributed by atoms with E-state index >= 15 is 0 Å². The zero-order valence-corrected chi connectivity index (χ0v) is 15.3. The van der Waals surface area contributed by atoms with Crippen LogP contribution >= 0.6 is 0 Å². The third-order valence-electron chi connectivity index (χ3n) is 5.26. The molecule has 0 spiro atoms. The summed E-state index contributed by atoms with van der Waals surface area (Å²) in [6.45, 7) is 12.2. The summed E-state index contributed by atoms with van der Waals surface area (Å²) < 4.78 is 0. The molecule has 0 saturated carbocycles. The maximum atomic E-state index is 4.07. The van der Waals surface area contributed by atoms with Gasteiger partial charge in [-0.3, -0.25) is 0 Å². The Morgan fingerprint density at radius 2 is 1.77 bits per heavy atom. The number of hydrogen-bond donors (Lipinski definition) is 0. The number of allylic oxidation sites excluding steroid dienone is 7. The molecular formula is C24H20B2. The quantitative estimate of drug-likeness (QED) is 0.744. The van der Waals surface area contributed by atoms with Crippen LogP contribution in [-0.4, -0.2) is 14.6 Å². The fraction of sp³-hybridized carbons (Fsp3) is 0.0833. The van der Waals surface area contributed by atoms with Gasteiger partial charge < -0.3 is 0 Å². The first-order chi connectivity index (χ1) is 12.7. The molecule has 2 radical (unpaired) electrons. The topological polar surface area (TPSA) is 0 Å². The average Bonchev–Trinajstić information content (AvgIpc) is 3.20. The van der Waals surface area contributed by atoms with Crippen LogP contribution in [-0.2, 0) is 0 Å². The van der Waals surface area contributed by atoms with Gasteiger partial charge in [0.2, 0.25) is 0 Å². The summed E-state index contributed by atoms with van der Waals surface area (Å²) in [7, 11) is 4.55. The highest BCUT2D eigenvalue weighted by Gasteiger charge is 2.31. The van der Waals surface area contributed by atoms with Gasteiger partial charge in [-0.15, -0.1) is 0 Å². The standard InChI is InChI=1S/C24H20B2/c1-5-10-17-19(6-2)25-21-14-13-18-22(16-12-9-8-11-15(16)4)20(7-3)26-24(18)23(17)21/h5-14H,1,3H2,2,4H3/b17-10?,19-6+. The lowest BCUT2D eigenvalue weighted by Crippen LogP contribution is -2.25. The van der Waals surface area contributed by atoms with E-state index in [9.17, 15) is 0 Å². The predicted octanol–water partition coefficient (Wildman–Crippen LogP) is 4.10. The number of fused-ring (bicyclic) bond motifs is 3. The Morgan fingerprint density at radius 1 is 0.962 bits per heavy atom. The first-order valence-corrected chi connectivity index (χ1v) is 8.99. The van der Waals surface area contributed by atoms with Gasteiger partial charge in [-0.25, -0.2) is 0 Å². The van der Waals surface area contributed by atoms with Crippen molar-refractivity contribution in [3.8, 4) is 0 Å². The summed E-state index contributed by atoms with van der Waals surface area (Å²) in [6, 6.07) is 13.1. The molecule has 122 valence electrons. The van der Waals surface area contributed by atoms with Gasteiger partial charge in [0.15, 0.2) is 14.6 Å². The van der Waals surface area contributed by atoms with Crippen molar-refractivity contribution in [2.75, 3.05) is 0 Å². The van der Waals surface area contributed by atoms with Crippen molar-refractivity contribution < 1.29 is 0 Å². The largest absolute Gasteiger partial charge is 0.193 e. The molecule has 26 heavy (non-hydrogen) atoms. The number of aryl methyl sites for hydroxylation is 1. The van der Waals surface area contributed by atoms with Crippen LogP contribution in [0.2, 0.25) is 0 Å². The second-order valence-electron chi connectivity index (χ2n) is 6.69. The Morgan fingerprint density at radius 3 is 2.46 bits per heavy atom. The van der Waals surface area contributed by atoms with Crippen molar-refractivity contribution in [1.29, 1.82) is 0 Å². The SMILES string of the molecule is C=CC=C1/C(=C\C)[B]c2ccc3c(c21)[B]C(C=C)=C3c1ccccc1C. The van der Waals surface area contributed by atoms with Crippen LogP contribution in [0.15, 0.2) is 84.8 Å². The molecule has 2 aliphatic rings. The molecule has 2 heteroatoms. The molecule has 0 bridgehead atoms. The molecule has 2 aromatic carbocycles. The van der Waals surface area contributed by atoms with E-state index in [1.54, 1.807) is 0 Å². The Hall–Kier alpha value is -2.73. The lowest BCUT2D eigenvalue weighted by Gasteiger charge is -2.14. The highest BCUT2D eigenvalue weighted by molar-refractivity contribution is 6.74. The molecule has 0 atom stereocenters. The van der Waals surface area contributed by atoms with Gasteiger partial charge in [0.05, 0.1) is 0 Å². The van der Waals surface area contributed by atoms with Crippen LogP contribution in [0.4, 0.5) is 0 Å². The molecule has 2 aromatic rings. The van der Waals surface area contributed by atoms with Crippen LogP contribution in [0.3, 0.4) is 0 Å². The Bertz CT molecular complexity index is 1030. The smallest absolute Gasteiger partial charge is 0.0996 e. The molecule has 0 aromatic heterocycles. The van der Waals surface area contributed by atoms with E-state index in [0.29, 0.717) is 0 Å². The van der Waals surface area contributed by atoms with Crippen molar-refractivity contribution >= 4 is 36.6 Å². The normalized spacial score (nSPS) is 17.8. The van der Waals surface area contributed by atoms with Crippen molar-refractivity contribution in [1.82, 2.24) is 0 Å². The summed E-state index contributed by atoms with van der Waals surface area (Å²) in [5.41, 5.74) is 12.7. The van der Waals surface area contributed by atoms with Crippen molar-refractivity contribution in [2.45, 2.75) is 13.8 Å². The van der Waals surface area contributed by atoms with Crippen LogP contribution < -0.4 is 10.9 Å². The van der Waals surface area contributed by atoms with Crippen molar-refractivity contribution in [3.05, 3.63) is 107 Å². The summed E-state index contributed by atoms with van der Waals surface area (Å²) in [4.78, 5) is 0. The predicted molar refractivity (Wildman–Crippen MR) is 117 cm³/mol. The van der Waals surface area contributed by atoms with E-state index in [0.717, 1.165) is 0 Å². The highest BCUT2D eigenvalue weighted by Crippen LogP contribution is 2.36. The highest BCUT2D eigenvalue weighted by atomic mass is 14.2. The summed E-state index contributed by atoms with van der Waals surface area (Å²) in [5.74, 6) is 0. The lowest BCUT2D eigenvalue weighted by atomic mass is 9.63. The number of rotatable bonds is 3. The van der Waals surface area contributed by atoms with E-state index in [2.05, 4.69) is 90.1 Å². The van der Waals surface area contributed by atoms with Gasteiger partial charge in [0.25, 0.3) is 0 Å². The summed E-state index contributed by atoms with van der Waals surface area (Å²) in [5, 5.41) is 0. The molecule has 0 amide bonds. The molecular weight excluding hydrogens is 310 g/mol. The molecule has 0 fully saturated rings. The molecule has 0 unspecified atom stereocenters. The minimum atomic E-state index is 1.19. The fourth-order valence-corrected chi connectivity index (χ4v) is 4.05. The monoisotopic (exact) mass is 330 g/mol. The van der Waals surface area contributed by atoms with Gasteiger partial charge in [-0.1, -0.05) is 95.7 Å². The lowest BCUT2D eigenvalue weighted by molar-refractivity contribution is 1.42. The molecule has 0 aliphatic carbocycles. The molecule has 2 heterocycles.